The molecule has 1 aliphatic rings. The summed E-state index contributed by atoms with van der Waals surface area (Å²) in [4.78, 5) is 22.7. The van der Waals surface area contributed by atoms with Crippen molar-refractivity contribution in [3.05, 3.63) is 83.2 Å². The van der Waals surface area contributed by atoms with E-state index in [1.54, 1.807) is 7.11 Å². The molecule has 0 atom stereocenters. The SMILES string of the molecule is COc1ccccc1N1CCN(C(=O)Cc2c(-c3ccc(C)c(C)c3)nc3cc(C)ccn23)CC1. The van der Waals surface area contributed by atoms with E-state index in [0.717, 1.165) is 52.7 Å². The maximum absolute atomic E-state index is 13.5. The minimum absolute atomic E-state index is 0.136. The molecule has 1 aliphatic heterocycles. The number of hydrogen-bond acceptors (Lipinski definition) is 4. The number of fused-ring (bicyclic) bond motifs is 1. The van der Waals surface area contributed by atoms with E-state index in [0.29, 0.717) is 19.5 Å². The van der Waals surface area contributed by atoms with Crippen LogP contribution in [0.4, 0.5) is 5.69 Å². The molecule has 3 heterocycles. The molecule has 1 saturated heterocycles. The maximum atomic E-state index is 13.5. The van der Waals surface area contributed by atoms with E-state index >= 15 is 0 Å². The molecule has 6 nitrogen and oxygen atoms in total. The Morgan fingerprint density at radius 2 is 1.71 bits per heavy atom. The Morgan fingerprint density at radius 1 is 0.943 bits per heavy atom. The fourth-order valence-corrected chi connectivity index (χ4v) is 4.83. The number of aryl methyl sites for hydroxylation is 3. The van der Waals surface area contributed by atoms with Gasteiger partial charge in [0.15, 0.2) is 0 Å². The average molecular weight is 469 g/mol. The van der Waals surface area contributed by atoms with Gasteiger partial charge in [0, 0.05) is 37.9 Å². The Bertz CT molecular complexity index is 1380. The van der Waals surface area contributed by atoms with Gasteiger partial charge in [0.2, 0.25) is 5.91 Å². The lowest BCUT2D eigenvalue weighted by atomic mass is 10.0. The predicted molar refractivity (Wildman–Crippen MR) is 140 cm³/mol. The number of pyridine rings is 1. The van der Waals surface area contributed by atoms with Crippen molar-refractivity contribution < 1.29 is 9.53 Å². The third-order valence-corrected chi connectivity index (χ3v) is 7.04. The first-order valence-electron chi connectivity index (χ1n) is 12.2. The number of carbonyl (C=O) groups excluding carboxylic acids is 1. The topological polar surface area (TPSA) is 50.1 Å². The average Bonchev–Trinajstić information content (AvgIpc) is 3.22. The van der Waals surface area contributed by atoms with Gasteiger partial charge >= 0.3 is 0 Å². The molecule has 0 N–H and O–H groups in total. The zero-order chi connectivity index (χ0) is 24.5. The predicted octanol–water partition coefficient (Wildman–Crippen LogP) is 4.83. The molecular weight excluding hydrogens is 436 g/mol. The molecule has 2 aromatic heterocycles. The van der Waals surface area contributed by atoms with Crippen molar-refractivity contribution >= 4 is 17.2 Å². The molecule has 0 spiro atoms. The number of aromatic nitrogens is 2. The van der Waals surface area contributed by atoms with Crippen molar-refractivity contribution in [3.63, 3.8) is 0 Å². The number of anilines is 1. The number of piperazine rings is 1. The number of amides is 1. The zero-order valence-corrected chi connectivity index (χ0v) is 20.9. The number of imidazole rings is 1. The van der Waals surface area contributed by atoms with Crippen molar-refractivity contribution in [3.8, 4) is 17.0 Å². The summed E-state index contributed by atoms with van der Waals surface area (Å²) in [7, 11) is 1.70. The number of carbonyl (C=O) groups is 1. The Balaban J connectivity index is 1.39. The van der Waals surface area contributed by atoms with E-state index in [-0.39, 0.29) is 5.91 Å². The van der Waals surface area contributed by atoms with E-state index in [2.05, 4.69) is 66.5 Å². The highest BCUT2D eigenvalue weighted by atomic mass is 16.5. The zero-order valence-electron chi connectivity index (χ0n) is 20.9. The van der Waals surface area contributed by atoms with Gasteiger partial charge in [-0.15, -0.1) is 0 Å². The van der Waals surface area contributed by atoms with Gasteiger partial charge in [0.25, 0.3) is 0 Å². The molecule has 1 fully saturated rings. The summed E-state index contributed by atoms with van der Waals surface area (Å²) in [5, 5.41) is 0. The van der Waals surface area contributed by atoms with Gasteiger partial charge in [0.1, 0.15) is 11.4 Å². The lowest BCUT2D eigenvalue weighted by Gasteiger charge is -2.36. The van der Waals surface area contributed by atoms with Crippen LogP contribution >= 0.6 is 0 Å². The minimum Gasteiger partial charge on any atom is -0.495 e. The first-order chi connectivity index (χ1) is 16.9. The molecule has 35 heavy (non-hydrogen) atoms. The molecular formula is C29H32N4O2. The van der Waals surface area contributed by atoms with E-state index in [4.69, 9.17) is 9.72 Å². The second kappa shape index (κ2) is 9.45. The quantitative estimate of drug-likeness (QED) is 0.421. The van der Waals surface area contributed by atoms with E-state index in [9.17, 15) is 4.79 Å². The van der Waals surface area contributed by atoms with Crippen LogP contribution in [0.1, 0.15) is 22.4 Å². The van der Waals surface area contributed by atoms with Gasteiger partial charge in [-0.25, -0.2) is 4.98 Å². The molecule has 2 aromatic carbocycles. The summed E-state index contributed by atoms with van der Waals surface area (Å²) in [5.41, 5.74) is 8.47. The molecule has 180 valence electrons. The first kappa shape index (κ1) is 23.0. The third kappa shape index (κ3) is 4.48. The van der Waals surface area contributed by atoms with Crippen molar-refractivity contribution in [2.45, 2.75) is 27.2 Å². The number of para-hydroxylation sites is 2. The van der Waals surface area contributed by atoms with Crippen LogP contribution in [-0.4, -0.2) is 53.5 Å². The normalized spacial score (nSPS) is 13.9. The van der Waals surface area contributed by atoms with E-state index in [1.165, 1.54) is 11.1 Å². The molecule has 4 aromatic rings. The minimum atomic E-state index is 0.136. The highest BCUT2D eigenvalue weighted by Crippen LogP contribution is 2.30. The van der Waals surface area contributed by atoms with Gasteiger partial charge in [-0.3, -0.25) is 4.79 Å². The second-order valence-electron chi connectivity index (χ2n) is 9.35. The van der Waals surface area contributed by atoms with Gasteiger partial charge < -0.3 is 18.9 Å². The van der Waals surface area contributed by atoms with Crippen LogP contribution in [-0.2, 0) is 11.2 Å². The maximum Gasteiger partial charge on any atom is 0.228 e. The standard InChI is InChI=1S/C29H32N4O2/c1-20-11-12-33-25(29(30-27(33)17-20)23-10-9-21(2)22(3)18-23)19-28(34)32-15-13-31(14-16-32)24-7-5-6-8-26(24)35-4/h5-12,17-18H,13-16,19H2,1-4H3. The van der Waals surface area contributed by atoms with Crippen molar-refractivity contribution in [1.82, 2.24) is 14.3 Å². The smallest absolute Gasteiger partial charge is 0.228 e. The fraction of sp³-hybridized carbons (Fsp3) is 0.310. The number of rotatable bonds is 5. The Labute approximate surface area is 206 Å². The monoisotopic (exact) mass is 468 g/mol. The van der Waals surface area contributed by atoms with E-state index < -0.39 is 0 Å². The van der Waals surface area contributed by atoms with Crippen LogP contribution in [0.5, 0.6) is 5.75 Å². The molecule has 0 bridgehead atoms. The Kier molecular flexibility index (Phi) is 6.20. The van der Waals surface area contributed by atoms with Crippen molar-refractivity contribution in [2.75, 3.05) is 38.2 Å². The summed E-state index contributed by atoms with van der Waals surface area (Å²) in [6.07, 6.45) is 2.35. The number of ether oxygens (including phenoxy) is 1. The number of benzene rings is 2. The number of methoxy groups -OCH3 is 1. The second-order valence-corrected chi connectivity index (χ2v) is 9.35. The number of nitrogens with zero attached hydrogens (tertiary/aromatic N) is 4. The molecule has 0 unspecified atom stereocenters. The van der Waals surface area contributed by atoms with Crippen molar-refractivity contribution in [1.29, 1.82) is 0 Å². The van der Waals surface area contributed by atoms with Gasteiger partial charge in [-0.1, -0.05) is 24.3 Å². The highest BCUT2D eigenvalue weighted by Gasteiger charge is 2.25. The lowest BCUT2D eigenvalue weighted by Crippen LogP contribution is -2.49. The molecule has 0 saturated carbocycles. The first-order valence-corrected chi connectivity index (χ1v) is 12.2. The van der Waals surface area contributed by atoms with Crippen LogP contribution < -0.4 is 9.64 Å². The summed E-state index contributed by atoms with van der Waals surface area (Å²) < 4.78 is 7.60. The van der Waals surface area contributed by atoms with Crippen LogP contribution in [0.25, 0.3) is 16.9 Å². The highest BCUT2D eigenvalue weighted by molar-refractivity contribution is 5.82. The van der Waals surface area contributed by atoms with Crippen molar-refractivity contribution in [2.24, 2.45) is 0 Å². The summed E-state index contributed by atoms with van der Waals surface area (Å²) in [6.45, 7) is 9.23. The fourth-order valence-electron chi connectivity index (χ4n) is 4.83. The van der Waals surface area contributed by atoms with Crippen LogP contribution in [0.2, 0.25) is 0 Å². The van der Waals surface area contributed by atoms with Gasteiger partial charge in [-0.2, -0.15) is 0 Å². The molecule has 6 heteroatoms. The largest absolute Gasteiger partial charge is 0.495 e. The van der Waals surface area contributed by atoms with Crippen LogP contribution in [0, 0.1) is 20.8 Å². The third-order valence-electron chi connectivity index (χ3n) is 7.04. The molecule has 0 aliphatic carbocycles. The Morgan fingerprint density at radius 3 is 2.46 bits per heavy atom. The van der Waals surface area contributed by atoms with E-state index in [1.807, 2.05) is 29.3 Å². The molecule has 0 radical (unpaired) electrons. The van der Waals surface area contributed by atoms with Crippen LogP contribution in [0.3, 0.4) is 0 Å². The van der Waals surface area contributed by atoms with Gasteiger partial charge in [0.05, 0.1) is 30.6 Å². The molecule has 1 amide bonds. The summed E-state index contributed by atoms with van der Waals surface area (Å²) in [5.74, 6) is 1.00. The van der Waals surface area contributed by atoms with Gasteiger partial charge in [-0.05, 0) is 67.8 Å². The lowest BCUT2D eigenvalue weighted by molar-refractivity contribution is -0.130. The Hall–Kier alpha value is -3.80. The summed E-state index contributed by atoms with van der Waals surface area (Å²) >= 11 is 0. The van der Waals surface area contributed by atoms with Crippen LogP contribution in [0.15, 0.2) is 60.8 Å². The molecule has 5 rings (SSSR count). The summed E-state index contributed by atoms with van der Waals surface area (Å²) in [6, 6.07) is 18.6. The number of hydrogen-bond donors (Lipinski definition) is 0.